The van der Waals surface area contributed by atoms with Crippen LogP contribution in [0.3, 0.4) is 0 Å². The van der Waals surface area contributed by atoms with Crippen LogP contribution in [-0.4, -0.2) is 10.9 Å². The van der Waals surface area contributed by atoms with E-state index in [-0.39, 0.29) is 5.91 Å². The first-order valence-corrected chi connectivity index (χ1v) is 10.2. The smallest absolute Gasteiger partial charge is 0.256 e. The van der Waals surface area contributed by atoms with E-state index in [0.29, 0.717) is 22.0 Å². The SMILES string of the molecule is O=C(Nc1ccc(Cl)cc1)c1cccc2cc(Oc3ccnc4ccccc34)ccc12. The van der Waals surface area contributed by atoms with Crippen LogP contribution < -0.4 is 10.1 Å². The molecule has 0 fully saturated rings. The van der Waals surface area contributed by atoms with Gasteiger partial charge in [-0.05, 0) is 77.5 Å². The van der Waals surface area contributed by atoms with E-state index in [1.165, 1.54) is 0 Å². The maximum absolute atomic E-state index is 12.9. The average Bonchev–Trinajstić information content (AvgIpc) is 2.80. The van der Waals surface area contributed by atoms with Gasteiger partial charge in [0.1, 0.15) is 11.5 Å². The Morgan fingerprint density at radius 2 is 1.68 bits per heavy atom. The van der Waals surface area contributed by atoms with Gasteiger partial charge < -0.3 is 10.1 Å². The van der Waals surface area contributed by atoms with Crippen LogP contribution in [0.5, 0.6) is 11.5 Å². The zero-order valence-corrected chi connectivity index (χ0v) is 17.1. The molecular formula is C26H17ClN2O2. The monoisotopic (exact) mass is 424 g/mol. The third kappa shape index (κ3) is 3.93. The number of anilines is 1. The lowest BCUT2D eigenvalue weighted by molar-refractivity contribution is 0.102. The zero-order valence-electron chi connectivity index (χ0n) is 16.4. The Hall–Kier alpha value is -3.89. The molecular weight excluding hydrogens is 408 g/mol. The number of hydrogen-bond acceptors (Lipinski definition) is 3. The quantitative estimate of drug-likeness (QED) is 0.335. The molecule has 0 spiro atoms. The lowest BCUT2D eigenvalue weighted by Crippen LogP contribution is -2.12. The van der Waals surface area contributed by atoms with Crippen LogP contribution in [-0.2, 0) is 0 Å². The van der Waals surface area contributed by atoms with Gasteiger partial charge >= 0.3 is 0 Å². The van der Waals surface area contributed by atoms with Crippen LogP contribution in [0, 0.1) is 0 Å². The molecule has 0 aliphatic rings. The molecule has 1 aromatic heterocycles. The fraction of sp³-hybridized carbons (Fsp3) is 0. The molecule has 1 heterocycles. The number of hydrogen-bond donors (Lipinski definition) is 1. The van der Waals surface area contributed by atoms with Gasteiger partial charge in [0.2, 0.25) is 0 Å². The summed E-state index contributed by atoms with van der Waals surface area (Å²) in [6, 6.07) is 28.1. The Morgan fingerprint density at radius 3 is 2.55 bits per heavy atom. The van der Waals surface area contributed by atoms with Crippen molar-refractivity contribution < 1.29 is 9.53 Å². The lowest BCUT2D eigenvalue weighted by atomic mass is 10.0. The molecule has 5 heteroatoms. The standard InChI is InChI=1S/C26H17ClN2O2/c27-18-8-10-19(11-9-18)29-26(30)22-6-3-4-17-16-20(12-13-21(17)22)31-25-14-15-28-24-7-2-1-5-23(24)25/h1-16H,(H,29,30). The molecule has 4 aromatic carbocycles. The maximum Gasteiger partial charge on any atom is 0.256 e. The fourth-order valence-electron chi connectivity index (χ4n) is 3.54. The van der Waals surface area contributed by atoms with E-state index < -0.39 is 0 Å². The Balaban J connectivity index is 1.45. The number of para-hydroxylation sites is 1. The number of halogens is 1. The summed E-state index contributed by atoms with van der Waals surface area (Å²) in [4.78, 5) is 17.2. The molecule has 0 atom stereocenters. The minimum absolute atomic E-state index is 0.179. The van der Waals surface area contributed by atoms with Gasteiger partial charge in [-0.3, -0.25) is 9.78 Å². The predicted molar refractivity (Wildman–Crippen MR) is 125 cm³/mol. The second-order valence-electron chi connectivity index (χ2n) is 7.08. The first kappa shape index (κ1) is 19.1. The average molecular weight is 425 g/mol. The van der Waals surface area contributed by atoms with Crippen LogP contribution in [0.15, 0.2) is 97.2 Å². The topological polar surface area (TPSA) is 51.2 Å². The molecule has 31 heavy (non-hydrogen) atoms. The van der Waals surface area contributed by atoms with E-state index in [2.05, 4.69) is 10.3 Å². The van der Waals surface area contributed by atoms with Crippen molar-refractivity contribution in [2.24, 2.45) is 0 Å². The number of carbonyl (C=O) groups is 1. The van der Waals surface area contributed by atoms with Gasteiger partial charge in [-0.25, -0.2) is 0 Å². The molecule has 4 nitrogen and oxygen atoms in total. The molecule has 0 saturated heterocycles. The highest BCUT2D eigenvalue weighted by molar-refractivity contribution is 6.30. The van der Waals surface area contributed by atoms with Crippen LogP contribution in [0.2, 0.25) is 5.02 Å². The van der Waals surface area contributed by atoms with Gasteiger partial charge in [-0.2, -0.15) is 0 Å². The Kier molecular flexibility index (Phi) is 4.98. The van der Waals surface area contributed by atoms with E-state index in [0.717, 1.165) is 27.4 Å². The van der Waals surface area contributed by atoms with Crippen molar-refractivity contribution in [3.05, 3.63) is 108 Å². The van der Waals surface area contributed by atoms with Gasteiger partial charge in [-0.1, -0.05) is 35.9 Å². The number of carbonyl (C=O) groups excluding carboxylic acids is 1. The molecule has 0 aliphatic carbocycles. The Labute approximate surface area is 184 Å². The highest BCUT2D eigenvalue weighted by Gasteiger charge is 2.12. The number of nitrogens with one attached hydrogen (secondary N) is 1. The summed E-state index contributed by atoms with van der Waals surface area (Å²) in [7, 11) is 0. The second-order valence-corrected chi connectivity index (χ2v) is 7.51. The first-order valence-electron chi connectivity index (χ1n) is 9.79. The van der Waals surface area contributed by atoms with E-state index in [1.54, 1.807) is 30.5 Å². The van der Waals surface area contributed by atoms with Crippen molar-refractivity contribution in [3.8, 4) is 11.5 Å². The molecule has 1 amide bonds. The third-order valence-corrected chi connectivity index (χ3v) is 5.29. The van der Waals surface area contributed by atoms with Crippen LogP contribution in [0.25, 0.3) is 21.7 Å². The second kappa shape index (κ2) is 8.09. The number of aromatic nitrogens is 1. The minimum Gasteiger partial charge on any atom is -0.457 e. The number of fused-ring (bicyclic) bond motifs is 2. The zero-order chi connectivity index (χ0) is 21.2. The first-order chi connectivity index (χ1) is 15.2. The van der Waals surface area contributed by atoms with Crippen molar-refractivity contribution in [2.45, 2.75) is 0 Å². The normalized spacial score (nSPS) is 10.9. The van der Waals surface area contributed by atoms with E-state index in [4.69, 9.17) is 16.3 Å². The molecule has 0 bridgehead atoms. The molecule has 0 saturated carbocycles. The maximum atomic E-state index is 12.9. The summed E-state index contributed by atoms with van der Waals surface area (Å²) in [5, 5.41) is 6.25. The van der Waals surface area contributed by atoms with Crippen LogP contribution in [0.4, 0.5) is 5.69 Å². The van der Waals surface area contributed by atoms with Gasteiger partial charge in [0.05, 0.1) is 5.52 Å². The molecule has 5 rings (SSSR count). The van der Waals surface area contributed by atoms with Gasteiger partial charge in [0.25, 0.3) is 5.91 Å². The molecule has 150 valence electrons. The van der Waals surface area contributed by atoms with Crippen molar-refractivity contribution in [1.82, 2.24) is 4.98 Å². The predicted octanol–water partition coefficient (Wildman–Crippen LogP) is 7.09. The molecule has 5 aromatic rings. The van der Waals surface area contributed by atoms with Crippen LogP contribution >= 0.6 is 11.6 Å². The fourth-order valence-corrected chi connectivity index (χ4v) is 3.67. The van der Waals surface area contributed by atoms with Crippen molar-refractivity contribution in [2.75, 3.05) is 5.32 Å². The van der Waals surface area contributed by atoms with Crippen molar-refractivity contribution in [1.29, 1.82) is 0 Å². The largest absolute Gasteiger partial charge is 0.457 e. The summed E-state index contributed by atoms with van der Waals surface area (Å²) >= 11 is 5.92. The molecule has 0 aliphatic heterocycles. The third-order valence-electron chi connectivity index (χ3n) is 5.04. The van der Waals surface area contributed by atoms with Crippen LogP contribution in [0.1, 0.15) is 10.4 Å². The lowest BCUT2D eigenvalue weighted by Gasteiger charge is -2.11. The molecule has 0 radical (unpaired) electrons. The van der Waals surface area contributed by atoms with Crippen molar-refractivity contribution in [3.63, 3.8) is 0 Å². The van der Waals surface area contributed by atoms with E-state index in [1.807, 2.05) is 66.7 Å². The summed E-state index contributed by atoms with van der Waals surface area (Å²) in [5.74, 6) is 1.25. The molecule has 0 unspecified atom stereocenters. The highest BCUT2D eigenvalue weighted by atomic mass is 35.5. The number of pyridine rings is 1. The number of rotatable bonds is 4. The number of benzene rings is 4. The Morgan fingerprint density at radius 1 is 0.839 bits per heavy atom. The summed E-state index contributed by atoms with van der Waals surface area (Å²) in [5.41, 5.74) is 2.16. The van der Waals surface area contributed by atoms with E-state index >= 15 is 0 Å². The summed E-state index contributed by atoms with van der Waals surface area (Å²) in [6.45, 7) is 0. The van der Waals surface area contributed by atoms with Gasteiger partial charge in [0.15, 0.2) is 0 Å². The van der Waals surface area contributed by atoms with Gasteiger partial charge in [0, 0.05) is 27.9 Å². The number of nitrogens with zero attached hydrogens (tertiary/aromatic N) is 1. The van der Waals surface area contributed by atoms with Gasteiger partial charge in [-0.15, -0.1) is 0 Å². The van der Waals surface area contributed by atoms with Crippen molar-refractivity contribution >= 4 is 44.9 Å². The Bertz CT molecular complexity index is 1410. The number of amides is 1. The molecule has 1 N–H and O–H groups in total. The highest BCUT2D eigenvalue weighted by Crippen LogP contribution is 2.31. The summed E-state index contributed by atoms with van der Waals surface area (Å²) in [6.07, 6.45) is 1.73. The number of ether oxygens (including phenoxy) is 1. The van der Waals surface area contributed by atoms with E-state index in [9.17, 15) is 4.79 Å². The minimum atomic E-state index is -0.179. The summed E-state index contributed by atoms with van der Waals surface area (Å²) < 4.78 is 6.15.